The normalized spacial score (nSPS) is 12.1. The Kier molecular flexibility index (Phi) is 5.61. The molecule has 0 saturated carbocycles. The zero-order chi connectivity index (χ0) is 14.6. The fraction of sp³-hybridized carbons (Fsp3) is 0.500. The first-order valence-corrected chi connectivity index (χ1v) is 7.80. The number of nitrogens with two attached hydrogens (primary N) is 1. The highest BCUT2D eigenvalue weighted by Gasteiger charge is 2.18. The standard InChI is InChI=1S/C12H20ClN3O2S/c1-9-11(14)7-10(13)8-12(9)19(17,18)15-5-4-6-16(2)3/h7-8,15H,4-6,14H2,1-3H3. The molecular weight excluding hydrogens is 286 g/mol. The van der Waals surface area contributed by atoms with Crippen molar-refractivity contribution < 1.29 is 8.42 Å². The van der Waals surface area contributed by atoms with Gasteiger partial charge in [0, 0.05) is 17.3 Å². The molecule has 0 bridgehead atoms. The molecule has 0 aliphatic rings. The lowest BCUT2D eigenvalue weighted by molar-refractivity contribution is 0.400. The molecule has 0 aromatic heterocycles. The first-order chi connectivity index (χ1) is 8.74. The lowest BCUT2D eigenvalue weighted by Crippen LogP contribution is -2.28. The molecule has 0 heterocycles. The molecule has 3 N–H and O–H groups in total. The van der Waals surface area contributed by atoms with E-state index in [2.05, 4.69) is 4.72 Å². The number of nitrogen functional groups attached to an aromatic ring is 1. The molecule has 0 aliphatic carbocycles. The highest BCUT2D eigenvalue weighted by atomic mass is 35.5. The van der Waals surface area contributed by atoms with Gasteiger partial charge in [-0.2, -0.15) is 0 Å². The topological polar surface area (TPSA) is 75.4 Å². The molecule has 1 aromatic carbocycles. The van der Waals surface area contributed by atoms with Crippen molar-refractivity contribution >= 4 is 27.3 Å². The first-order valence-electron chi connectivity index (χ1n) is 5.94. The minimum Gasteiger partial charge on any atom is -0.398 e. The fourth-order valence-corrected chi connectivity index (χ4v) is 3.30. The van der Waals surface area contributed by atoms with Gasteiger partial charge in [-0.1, -0.05) is 11.6 Å². The number of nitrogens with zero attached hydrogens (tertiary/aromatic N) is 1. The van der Waals surface area contributed by atoms with Gasteiger partial charge < -0.3 is 10.6 Å². The highest BCUT2D eigenvalue weighted by molar-refractivity contribution is 7.89. The number of sulfonamides is 1. The van der Waals surface area contributed by atoms with E-state index < -0.39 is 10.0 Å². The van der Waals surface area contributed by atoms with Gasteiger partial charge in [0.2, 0.25) is 10.0 Å². The van der Waals surface area contributed by atoms with Crippen molar-refractivity contribution in [3.05, 3.63) is 22.7 Å². The van der Waals surface area contributed by atoms with Crippen LogP contribution in [-0.2, 0) is 10.0 Å². The number of rotatable bonds is 6. The van der Waals surface area contributed by atoms with Gasteiger partial charge in [-0.25, -0.2) is 13.1 Å². The van der Waals surface area contributed by atoms with Crippen molar-refractivity contribution in [2.75, 3.05) is 32.9 Å². The van der Waals surface area contributed by atoms with E-state index in [-0.39, 0.29) is 4.90 Å². The minimum atomic E-state index is -3.57. The predicted molar refractivity (Wildman–Crippen MR) is 79.0 cm³/mol. The van der Waals surface area contributed by atoms with E-state index >= 15 is 0 Å². The first kappa shape index (κ1) is 16.2. The van der Waals surface area contributed by atoms with E-state index in [1.807, 2.05) is 19.0 Å². The molecule has 108 valence electrons. The zero-order valence-electron chi connectivity index (χ0n) is 11.4. The summed E-state index contributed by atoms with van der Waals surface area (Å²) in [7, 11) is 0.315. The maximum atomic E-state index is 12.2. The average Bonchev–Trinajstić information content (AvgIpc) is 2.29. The van der Waals surface area contributed by atoms with E-state index in [0.29, 0.717) is 22.8 Å². The van der Waals surface area contributed by atoms with Gasteiger partial charge in [0.15, 0.2) is 0 Å². The van der Waals surface area contributed by atoms with Crippen LogP contribution in [-0.4, -0.2) is 40.5 Å². The minimum absolute atomic E-state index is 0.141. The molecule has 0 saturated heterocycles. The predicted octanol–water partition coefficient (Wildman–Crippen LogP) is 1.46. The van der Waals surface area contributed by atoms with Crippen LogP contribution in [0.5, 0.6) is 0 Å². The Morgan fingerprint density at radius 2 is 2.00 bits per heavy atom. The maximum absolute atomic E-state index is 12.2. The van der Waals surface area contributed by atoms with Gasteiger partial charge in [-0.15, -0.1) is 0 Å². The van der Waals surface area contributed by atoms with E-state index in [0.717, 1.165) is 13.0 Å². The van der Waals surface area contributed by atoms with Crippen LogP contribution in [0.1, 0.15) is 12.0 Å². The Hall–Kier alpha value is -0.820. The second kappa shape index (κ2) is 6.56. The number of benzene rings is 1. The SMILES string of the molecule is Cc1c(N)cc(Cl)cc1S(=O)(=O)NCCCN(C)C. The Labute approximate surface area is 119 Å². The van der Waals surface area contributed by atoms with Gasteiger partial charge in [0.1, 0.15) is 0 Å². The van der Waals surface area contributed by atoms with Gasteiger partial charge in [0.05, 0.1) is 4.90 Å². The molecule has 5 nitrogen and oxygen atoms in total. The summed E-state index contributed by atoms with van der Waals surface area (Å²) in [6.07, 6.45) is 0.737. The molecule has 0 atom stereocenters. The Morgan fingerprint density at radius 3 is 2.58 bits per heavy atom. The molecule has 7 heteroatoms. The van der Waals surface area contributed by atoms with E-state index in [4.69, 9.17) is 17.3 Å². The molecule has 0 fully saturated rings. The molecular formula is C12H20ClN3O2S. The Bertz CT molecular complexity index is 544. The van der Waals surface area contributed by atoms with Crippen molar-refractivity contribution in [2.45, 2.75) is 18.2 Å². The summed E-state index contributed by atoms with van der Waals surface area (Å²) in [5.74, 6) is 0. The summed E-state index contributed by atoms with van der Waals surface area (Å²) >= 11 is 5.85. The van der Waals surface area contributed by atoms with Crippen LogP contribution in [0.2, 0.25) is 5.02 Å². The van der Waals surface area contributed by atoms with Crippen molar-refractivity contribution in [2.24, 2.45) is 0 Å². The summed E-state index contributed by atoms with van der Waals surface area (Å²) in [5, 5.41) is 0.316. The number of hydrogen-bond donors (Lipinski definition) is 2. The molecule has 0 unspecified atom stereocenters. The number of halogens is 1. The summed E-state index contributed by atoms with van der Waals surface area (Å²) < 4.78 is 26.9. The van der Waals surface area contributed by atoms with Crippen LogP contribution in [0, 0.1) is 6.92 Å². The summed E-state index contributed by atoms with van der Waals surface area (Å²) in [6, 6.07) is 2.96. The lowest BCUT2D eigenvalue weighted by atomic mass is 10.2. The molecule has 1 aromatic rings. The monoisotopic (exact) mass is 305 g/mol. The largest absolute Gasteiger partial charge is 0.398 e. The molecule has 0 aliphatic heterocycles. The second-order valence-electron chi connectivity index (χ2n) is 4.67. The average molecular weight is 306 g/mol. The van der Waals surface area contributed by atoms with Crippen LogP contribution >= 0.6 is 11.6 Å². The van der Waals surface area contributed by atoms with Gasteiger partial charge >= 0.3 is 0 Å². The quantitative estimate of drug-likeness (QED) is 0.616. The summed E-state index contributed by atoms with van der Waals surface area (Å²) in [4.78, 5) is 2.14. The van der Waals surface area contributed by atoms with E-state index in [9.17, 15) is 8.42 Å². The van der Waals surface area contributed by atoms with Crippen LogP contribution in [0.4, 0.5) is 5.69 Å². The fourth-order valence-electron chi connectivity index (χ4n) is 1.63. The molecule has 19 heavy (non-hydrogen) atoms. The molecule has 0 radical (unpaired) electrons. The molecule has 0 spiro atoms. The van der Waals surface area contributed by atoms with Crippen molar-refractivity contribution in [3.63, 3.8) is 0 Å². The maximum Gasteiger partial charge on any atom is 0.240 e. The molecule has 0 amide bonds. The number of nitrogens with one attached hydrogen (secondary N) is 1. The Morgan fingerprint density at radius 1 is 1.37 bits per heavy atom. The smallest absolute Gasteiger partial charge is 0.240 e. The van der Waals surface area contributed by atoms with E-state index in [1.54, 1.807) is 13.0 Å². The van der Waals surface area contributed by atoms with Crippen LogP contribution in [0.25, 0.3) is 0 Å². The highest BCUT2D eigenvalue weighted by Crippen LogP contribution is 2.25. The second-order valence-corrected chi connectivity index (χ2v) is 6.84. The zero-order valence-corrected chi connectivity index (χ0v) is 13.0. The van der Waals surface area contributed by atoms with Gasteiger partial charge in [-0.3, -0.25) is 0 Å². The lowest BCUT2D eigenvalue weighted by Gasteiger charge is -2.13. The summed E-state index contributed by atoms with van der Waals surface area (Å²) in [6.45, 7) is 2.87. The Balaban J connectivity index is 2.83. The van der Waals surface area contributed by atoms with Crippen molar-refractivity contribution in [3.8, 4) is 0 Å². The van der Waals surface area contributed by atoms with Crippen LogP contribution in [0.3, 0.4) is 0 Å². The number of anilines is 1. The van der Waals surface area contributed by atoms with Crippen LogP contribution < -0.4 is 10.5 Å². The van der Waals surface area contributed by atoms with E-state index in [1.165, 1.54) is 6.07 Å². The number of hydrogen-bond acceptors (Lipinski definition) is 4. The van der Waals surface area contributed by atoms with Crippen molar-refractivity contribution in [1.82, 2.24) is 9.62 Å². The molecule has 1 rings (SSSR count). The van der Waals surface area contributed by atoms with Crippen molar-refractivity contribution in [1.29, 1.82) is 0 Å². The van der Waals surface area contributed by atoms with Gasteiger partial charge in [0.25, 0.3) is 0 Å². The third-order valence-corrected chi connectivity index (χ3v) is 4.53. The summed E-state index contributed by atoms with van der Waals surface area (Å²) in [5.41, 5.74) is 6.62. The third kappa shape index (κ3) is 4.65. The van der Waals surface area contributed by atoms with Crippen LogP contribution in [0.15, 0.2) is 17.0 Å². The third-order valence-electron chi connectivity index (χ3n) is 2.73. The van der Waals surface area contributed by atoms with Gasteiger partial charge in [-0.05, 0) is 51.7 Å².